The van der Waals surface area contributed by atoms with Gasteiger partial charge >= 0.3 is 0 Å². The van der Waals surface area contributed by atoms with Crippen molar-refractivity contribution < 1.29 is 18.7 Å². The first-order valence-electron chi connectivity index (χ1n) is 9.94. The first-order chi connectivity index (χ1) is 14.5. The van der Waals surface area contributed by atoms with Gasteiger partial charge in [-0.05, 0) is 62.2 Å². The van der Waals surface area contributed by atoms with Gasteiger partial charge in [0.2, 0.25) is 5.91 Å². The third-order valence-corrected chi connectivity index (χ3v) is 4.08. The highest BCUT2D eigenvalue weighted by atomic mass is 19.1. The fourth-order valence-electron chi connectivity index (χ4n) is 2.70. The molecule has 0 heterocycles. The van der Waals surface area contributed by atoms with Gasteiger partial charge in [0.15, 0.2) is 17.5 Å². The first kappa shape index (κ1) is 23.0. The van der Waals surface area contributed by atoms with E-state index in [1.807, 2.05) is 32.0 Å². The molecule has 1 amide bonds. The molecule has 0 aliphatic carbocycles. The van der Waals surface area contributed by atoms with Crippen molar-refractivity contribution in [1.82, 2.24) is 10.6 Å². The molecule has 0 atom stereocenters. The van der Waals surface area contributed by atoms with Crippen LogP contribution in [0.3, 0.4) is 0 Å². The van der Waals surface area contributed by atoms with Crippen molar-refractivity contribution in [2.24, 2.45) is 4.99 Å². The predicted octanol–water partition coefficient (Wildman–Crippen LogP) is 2.97. The lowest BCUT2D eigenvalue weighted by molar-refractivity contribution is -0.115. The number of hydrogen-bond donors (Lipinski definition) is 3. The minimum Gasteiger partial charge on any atom is -0.490 e. The number of amides is 1. The Morgan fingerprint density at radius 2 is 1.70 bits per heavy atom. The second-order valence-corrected chi connectivity index (χ2v) is 6.30. The van der Waals surface area contributed by atoms with E-state index < -0.39 is 0 Å². The van der Waals surface area contributed by atoms with Gasteiger partial charge < -0.3 is 25.4 Å². The Morgan fingerprint density at radius 3 is 2.37 bits per heavy atom. The number of aliphatic imine (C=N–C) groups is 1. The maximum atomic E-state index is 12.9. The zero-order valence-electron chi connectivity index (χ0n) is 17.6. The van der Waals surface area contributed by atoms with Gasteiger partial charge in [0.05, 0.1) is 19.8 Å². The van der Waals surface area contributed by atoms with Crippen molar-refractivity contribution in [2.45, 2.75) is 20.3 Å². The quantitative estimate of drug-likeness (QED) is 0.410. The van der Waals surface area contributed by atoms with E-state index in [2.05, 4.69) is 20.9 Å². The van der Waals surface area contributed by atoms with Crippen molar-refractivity contribution in [3.63, 3.8) is 0 Å². The van der Waals surface area contributed by atoms with E-state index in [-0.39, 0.29) is 18.3 Å². The fourth-order valence-corrected chi connectivity index (χ4v) is 2.70. The SMILES string of the molecule is CCOc1ccc(CCNC(=NC)NCC(=O)Nc2ccc(F)cc2)cc1OCC. The molecule has 0 bridgehead atoms. The minimum absolute atomic E-state index is 0.0363. The Morgan fingerprint density at radius 1 is 1.00 bits per heavy atom. The van der Waals surface area contributed by atoms with Crippen molar-refractivity contribution in [3.05, 3.63) is 53.8 Å². The molecule has 2 aromatic carbocycles. The second kappa shape index (κ2) is 12.3. The molecular weight excluding hydrogens is 387 g/mol. The van der Waals surface area contributed by atoms with Crippen LogP contribution in [0.1, 0.15) is 19.4 Å². The molecule has 0 saturated carbocycles. The average molecular weight is 416 g/mol. The van der Waals surface area contributed by atoms with Gasteiger partial charge in [0.1, 0.15) is 5.82 Å². The third kappa shape index (κ3) is 7.62. The zero-order chi connectivity index (χ0) is 21.8. The van der Waals surface area contributed by atoms with Crippen molar-refractivity contribution in [2.75, 3.05) is 38.7 Å². The van der Waals surface area contributed by atoms with Crippen LogP contribution in [0, 0.1) is 5.82 Å². The second-order valence-electron chi connectivity index (χ2n) is 6.30. The number of carbonyl (C=O) groups excluding carboxylic acids is 1. The van der Waals surface area contributed by atoms with Crippen LogP contribution in [-0.4, -0.2) is 45.2 Å². The standard InChI is InChI=1S/C22H29FN4O3/c1-4-29-19-11-6-16(14-20(19)30-5-2)12-13-25-22(24-3)26-15-21(28)27-18-9-7-17(23)8-10-18/h6-11,14H,4-5,12-13,15H2,1-3H3,(H,27,28)(H2,24,25,26). The van der Waals surface area contributed by atoms with Gasteiger partial charge in [-0.2, -0.15) is 0 Å². The number of nitrogens with one attached hydrogen (secondary N) is 3. The summed E-state index contributed by atoms with van der Waals surface area (Å²) in [6, 6.07) is 11.5. The summed E-state index contributed by atoms with van der Waals surface area (Å²) in [6.45, 7) is 5.68. The van der Waals surface area contributed by atoms with E-state index in [1.165, 1.54) is 24.3 Å². The molecule has 0 fully saturated rings. The summed E-state index contributed by atoms with van der Waals surface area (Å²) in [7, 11) is 1.64. The Kier molecular flexibility index (Phi) is 9.44. The molecular formula is C22H29FN4O3. The number of hydrogen-bond acceptors (Lipinski definition) is 4. The molecule has 30 heavy (non-hydrogen) atoms. The lowest BCUT2D eigenvalue weighted by Gasteiger charge is -2.14. The number of guanidine groups is 1. The van der Waals surface area contributed by atoms with Crippen LogP contribution in [0.4, 0.5) is 10.1 Å². The molecule has 0 unspecified atom stereocenters. The number of halogens is 1. The first-order valence-corrected chi connectivity index (χ1v) is 9.94. The molecule has 0 radical (unpaired) electrons. The highest BCUT2D eigenvalue weighted by Crippen LogP contribution is 2.28. The smallest absolute Gasteiger partial charge is 0.243 e. The number of nitrogens with zero attached hydrogens (tertiary/aromatic N) is 1. The highest BCUT2D eigenvalue weighted by Gasteiger charge is 2.07. The summed E-state index contributed by atoms with van der Waals surface area (Å²) in [6.07, 6.45) is 0.745. The van der Waals surface area contributed by atoms with E-state index in [4.69, 9.17) is 9.47 Å². The molecule has 162 valence electrons. The molecule has 2 rings (SSSR count). The van der Waals surface area contributed by atoms with Crippen LogP contribution in [0.25, 0.3) is 0 Å². The minimum atomic E-state index is -0.350. The Labute approximate surface area is 176 Å². The van der Waals surface area contributed by atoms with Gasteiger partial charge in [-0.15, -0.1) is 0 Å². The lowest BCUT2D eigenvalue weighted by Crippen LogP contribution is -2.42. The molecule has 0 aliphatic rings. The summed E-state index contributed by atoms with van der Waals surface area (Å²) in [4.78, 5) is 16.1. The molecule has 0 aliphatic heterocycles. The van der Waals surface area contributed by atoms with E-state index in [1.54, 1.807) is 7.05 Å². The normalized spacial score (nSPS) is 11.0. The number of rotatable bonds is 10. The van der Waals surface area contributed by atoms with Crippen LogP contribution < -0.4 is 25.4 Å². The van der Waals surface area contributed by atoms with Crippen LogP contribution in [0.15, 0.2) is 47.5 Å². The highest BCUT2D eigenvalue weighted by molar-refractivity contribution is 5.94. The zero-order valence-corrected chi connectivity index (χ0v) is 17.6. The Hall–Kier alpha value is -3.29. The van der Waals surface area contributed by atoms with Crippen LogP contribution in [0.5, 0.6) is 11.5 Å². The fraction of sp³-hybridized carbons (Fsp3) is 0.364. The maximum absolute atomic E-state index is 12.9. The summed E-state index contributed by atoms with van der Waals surface area (Å²) in [5.41, 5.74) is 1.63. The molecule has 8 heteroatoms. The predicted molar refractivity (Wildman–Crippen MR) is 117 cm³/mol. The Bertz CT molecular complexity index is 841. The van der Waals surface area contributed by atoms with E-state index in [0.29, 0.717) is 31.4 Å². The van der Waals surface area contributed by atoms with Crippen molar-refractivity contribution in [1.29, 1.82) is 0 Å². The molecule has 0 aromatic heterocycles. The lowest BCUT2D eigenvalue weighted by atomic mass is 10.1. The van der Waals surface area contributed by atoms with Crippen LogP contribution >= 0.6 is 0 Å². The molecule has 2 aromatic rings. The van der Waals surface area contributed by atoms with Crippen LogP contribution in [-0.2, 0) is 11.2 Å². The number of carbonyl (C=O) groups is 1. The van der Waals surface area contributed by atoms with E-state index in [0.717, 1.165) is 23.5 Å². The van der Waals surface area contributed by atoms with Gasteiger partial charge in [-0.25, -0.2) is 4.39 Å². The topological polar surface area (TPSA) is 84.0 Å². The number of anilines is 1. The third-order valence-electron chi connectivity index (χ3n) is 4.08. The summed E-state index contributed by atoms with van der Waals surface area (Å²) in [5, 5.41) is 8.81. The van der Waals surface area contributed by atoms with E-state index in [9.17, 15) is 9.18 Å². The molecule has 7 nitrogen and oxygen atoms in total. The molecule has 3 N–H and O–H groups in total. The summed E-state index contributed by atoms with van der Waals surface area (Å²) < 4.78 is 24.2. The Balaban J connectivity index is 1.79. The number of benzene rings is 2. The van der Waals surface area contributed by atoms with E-state index >= 15 is 0 Å². The van der Waals surface area contributed by atoms with Crippen molar-refractivity contribution in [3.8, 4) is 11.5 Å². The number of ether oxygens (including phenoxy) is 2. The van der Waals surface area contributed by atoms with Gasteiger partial charge in [0, 0.05) is 19.3 Å². The van der Waals surface area contributed by atoms with Crippen molar-refractivity contribution >= 4 is 17.6 Å². The largest absolute Gasteiger partial charge is 0.490 e. The molecule has 0 spiro atoms. The summed E-state index contributed by atoms with van der Waals surface area (Å²) >= 11 is 0. The monoisotopic (exact) mass is 416 g/mol. The van der Waals surface area contributed by atoms with Crippen LogP contribution in [0.2, 0.25) is 0 Å². The van der Waals surface area contributed by atoms with Gasteiger partial charge in [0.25, 0.3) is 0 Å². The molecule has 0 saturated heterocycles. The average Bonchev–Trinajstić information content (AvgIpc) is 2.74. The van der Waals surface area contributed by atoms with Gasteiger partial charge in [-0.1, -0.05) is 6.07 Å². The maximum Gasteiger partial charge on any atom is 0.243 e. The summed E-state index contributed by atoms with van der Waals surface area (Å²) in [5.74, 6) is 1.38. The van der Waals surface area contributed by atoms with Gasteiger partial charge in [-0.3, -0.25) is 9.79 Å².